The van der Waals surface area contributed by atoms with Crippen LogP contribution in [0.2, 0.25) is 0 Å². The quantitative estimate of drug-likeness (QED) is 0.341. The lowest BCUT2D eigenvalue weighted by atomic mass is 10.0. The zero-order chi connectivity index (χ0) is 25.4. The predicted molar refractivity (Wildman–Crippen MR) is 133 cm³/mol. The summed E-state index contributed by atoms with van der Waals surface area (Å²) in [6.07, 6.45) is 1.78. The number of carbonyl (C=O) groups is 2. The molecule has 2 amide bonds. The molecular formula is C26H33N3O6. The number of amides is 2. The molecule has 0 unspecified atom stereocenters. The van der Waals surface area contributed by atoms with Gasteiger partial charge in [-0.15, -0.1) is 0 Å². The van der Waals surface area contributed by atoms with Crippen molar-refractivity contribution in [3.8, 4) is 11.5 Å². The Morgan fingerprint density at radius 2 is 1.86 bits per heavy atom. The van der Waals surface area contributed by atoms with Crippen LogP contribution in [-0.4, -0.2) is 64.1 Å². The van der Waals surface area contributed by atoms with Crippen molar-refractivity contribution in [2.75, 3.05) is 26.4 Å². The lowest BCUT2D eigenvalue weighted by molar-refractivity contribution is 0.100. The third-order valence-electron chi connectivity index (χ3n) is 5.79. The molecule has 0 aliphatic heterocycles. The minimum atomic E-state index is -1.05. The Labute approximate surface area is 204 Å². The molecule has 0 aliphatic carbocycles. The van der Waals surface area contributed by atoms with Crippen LogP contribution in [0, 0.1) is 0 Å². The third kappa shape index (κ3) is 6.45. The summed E-state index contributed by atoms with van der Waals surface area (Å²) >= 11 is 0. The minimum Gasteiger partial charge on any atom is -0.490 e. The van der Waals surface area contributed by atoms with Crippen molar-refractivity contribution < 1.29 is 29.3 Å². The monoisotopic (exact) mass is 483 g/mol. The van der Waals surface area contributed by atoms with Crippen LogP contribution in [0.3, 0.4) is 0 Å². The van der Waals surface area contributed by atoms with Crippen LogP contribution >= 0.6 is 0 Å². The molecule has 0 aliphatic rings. The van der Waals surface area contributed by atoms with Crippen LogP contribution in [0.5, 0.6) is 11.5 Å². The molecule has 3 rings (SSSR count). The van der Waals surface area contributed by atoms with Crippen molar-refractivity contribution >= 4 is 22.9 Å². The molecule has 188 valence electrons. The fourth-order valence-electron chi connectivity index (χ4n) is 4.20. The summed E-state index contributed by atoms with van der Waals surface area (Å²) in [5, 5.41) is 19.8. The maximum absolute atomic E-state index is 12.2. The molecule has 0 spiro atoms. The number of primary amides is 1. The average Bonchev–Trinajstić information content (AvgIpc) is 3.23. The van der Waals surface area contributed by atoms with Gasteiger partial charge in [-0.1, -0.05) is 12.1 Å². The molecular weight excluding hydrogens is 450 g/mol. The highest BCUT2D eigenvalue weighted by molar-refractivity contribution is 6.05. The second-order valence-corrected chi connectivity index (χ2v) is 8.29. The normalized spacial score (nSPS) is 11.9. The first kappa shape index (κ1) is 25.9. The number of hydrogen-bond acceptors (Lipinski definition) is 5. The van der Waals surface area contributed by atoms with Crippen molar-refractivity contribution in [1.82, 2.24) is 9.47 Å². The zero-order valence-electron chi connectivity index (χ0n) is 20.1. The maximum Gasteiger partial charge on any atom is 0.407 e. The van der Waals surface area contributed by atoms with E-state index in [1.165, 1.54) is 4.90 Å². The van der Waals surface area contributed by atoms with E-state index >= 15 is 0 Å². The Balaban J connectivity index is 1.73. The van der Waals surface area contributed by atoms with E-state index in [-0.39, 0.29) is 25.8 Å². The number of aliphatic hydroxyl groups excluding tert-OH is 1. The van der Waals surface area contributed by atoms with Crippen LogP contribution in [-0.2, 0) is 13.0 Å². The lowest BCUT2D eigenvalue weighted by Crippen LogP contribution is -2.41. The van der Waals surface area contributed by atoms with Gasteiger partial charge in [-0.25, -0.2) is 4.79 Å². The topological polar surface area (TPSA) is 127 Å². The highest BCUT2D eigenvalue weighted by atomic mass is 16.5. The van der Waals surface area contributed by atoms with Crippen molar-refractivity contribution in [2.24, 2.45) is 5.73 Å². The molecule has 0 radical (unpaired) electrons. The second kappa shape index (κ2) is 12.1. The number of ether oxygens (including phenoxy) is 2. The number of aromatic nitrogens is 1. The average molecular weight is 484 g/mol. The van der Waals surface area contributed by atoms with Gasteiger partial charge in [0.05, 0.1) is 24.2 Å². The number of carbonyl (C=O) groups excluding carboxylic acids is 1. The van der Waals surface area contributed by atoms with Crippen LogP contribution in [0.25, 0.3) is 10.9 Å². The van der Waals surface area contributed by atoms with Gasteiger partial charge in [-0.2, -0.15) is 0 Å². The maximum atomic E-state index is 12.2. The Morgan fingerprint density at radius 1 is 1.14 bits per heavy atom. The molecule has 1 aromatic heterocycles. The standard InChI is InChI=1S/C26H33N3O6/c1-3-34-22-7-4-5-8-23(22)35-14-12-29(26(32)33)18(2)15-19-16-20-9-11-28(10-6-13-30)24(20)21(17-19)25(27)31/h4-5,7-9,11,16-18,30H,3,6,10,12-15H2,1-2H3,(H2,27,31)(H,32,33)/t18-/m1/s1. The third-order valence-corrected chi connectivity index (χ3v) is 5.79. The minimum absolute atomic E-state index is 0.0487. The smallest absolute Gasteiger partial charge is 0.407 e. The van der Waals surface area contributed by atoms with Crippen LogP contribution < -0.4 is 15.2 Å². The molecule has 35 heavy (non-hydrogen) atoms. The molecule has 1 atom stereocenters. The van der Waals surface area contributed by atoms with Crippen LogP contribution in [0.1, 0.15) is 36.2 Å². The fourth-order valence-corrected chi connectivity index (χ4v) is 4.20. The van der Waals surface area contributed by atoms with Gasteiger partial charge in [0, 0.05) is 30.8 Å². The highest BCUT2D eigenvalue weighted by Gasteiger charge is 2.21. The van der Waals surface area contributed by atoms with Crippen molar-refractivity contribution in [3.63, 3.8) is 0 Å². The molecule has 1 heterocycles. The number of aliphatic hydroxyl groups is 1. The van der Waals surface area contributed by atoms with Gasteiger partial charge in [0.25, 0.3) is 5.91 Å². The Bertz CT molecular complexity index is 1160. The van der Waals surface area contributed by atoms with Crippen LogP contribution in [0.4, 0.5) is 4.79 Å². The summed E-state index contributed by atoms with van der Waals surface area (Å²) in [5.74, 6) is 0.627. The molecule has 0 bridgehead atoms. The van der Waals surface area contributed by atoms with Crippen LogP contribution in [0.15, 0.2) is 48.7 Å². The number of hydrogen-bond donors (Lipinski definition) is 3. The first-order chi connectivity index (χ1) is 16.8. The number of aryl methyl sites for hydroxylation is 1. The highest BCUT2D eigenvalue weighted by Crippen LogP contribution is 2.27. The van der Waals surface area contributed by atoms with Gasteiger partial charge in [-0.3, -0.25) is 4.79 Å². The number of rotatable bonds is 13. The first-order valence-electron chi connectivity index (χ1n) is 11.7. The number of nitrogens with zero attached hydrogens (tertiary/aromatic N) is 2. The predicted octanol–water partition coefficient (Wildman–Crippen LogP) is 3.51. The van der Waals surface area contributed by atoms with E-state index in [9.17, 15) is 14.7 Å². The summed E-state index contributed by atoms with van der Waals surface area (Å²) in [4.78, 5) is 25.5. The number of benzene rings is 2. The van der Waals surface area contributed by atoms with Gasteiger partial charge in [0.1, 0.15) is 6.61 Å². The van der Waals surface area contributed by atoms with E-state index in [1.54, 1.807) is 18.2 Å². The summed E-state index contributed by atoms with van der Waals surface area (Å²) < 4.78 is 13.3. The number of fused-ring (bicyclic) bond motifs is 1. The van der Waals surface area contributed by atoms with Gasteiger partial charge in [0.2, 0.25) is 0 Å². The Morgan fingerprint density at radius 3 is 2.49 bits per heavy atom. The first-order valence-corrected chi connectivity index (χ1v) is 11.7. The van der Waals surface area contributed by atoms with Gasteiger partial charge in [-0.05, 0) is 62.6 Å². The summed E-state index contributed by atoms with van der Waals surface area (Å²) in [6.45, 7) is 5.15. The molecule has 0 saturated heterocycles. The molecule has 9 heteroatoms. The Kier molecular flexibility index (Phi) is 8.97. The van der Waals surface area contributed by atoms with Crippen molar-refractivity contribution in [1.29, 1.82) is 0 Å². The van der Waals surface area contributed by atoms with Gasteiger partial charge in [0.15, 0.2) is 11.5 Å². The molecule has 3 aromatic rings. The van der Waals surface area contributed by atoms with E-state index in [4.69, 9.17) is 20.3 Å². The van der Waals surface area contributed by atoms with E-state index in [0.29, 0.717) is 43.1 Å². The number of para-hydroxylation sites is 2. The van der Waals surface area contributed by atoms with Crippen molar-refractivity contribution in [2.45, 2.75) is 39.3 Å². The number of carboxylic acid groups (broad SMARTS) is 1. The van der Waals surface area contributed by atoms with E-state index in [2.05, 4.69) is 0 Å². The molecule has 0 fully saturated rings. The van der Waals surface area contributed by atoms with E-state index < -0.39 is 12.0 Å². The van der Waals surface area contributed by atoms with E-state index in [1.807, 2.05) is 48.9 Å². The van der Waals surface area contributed by atoms with Crippen molar-refractivity contribution in [3.05, 3.63) is 59.8 Å². The fraction of sp³-hybridized carbons (Fsp3) is 0.385. The van der Waals surface area contributed by atoms with Gasteiger partial charge >= 0.3 is 6.09 Å². The largest absolute Gasteiger partial charge is 0.490 e. The molecule has 2 aromatic carbocycles. The molecule has 4 N–H and O–H groups in total. The zero-order valence-corrected chi connectivity index (χ0v) is 20.1. The number of nitrogens with two attached hydrogens (primary N) is 1. The molecule has 0 saturated carbocycles. The second-order valence-electron chi connectivity index (χ2n) is 8.29. The summed E-state index contributed by atoms with van der Waals surface area (Å²) in [7, 11) is 0. The summed E-state index contributed by atoms with van der Waals surface area (Å²) in [5.41, 5.74) is 7.58. The van der Waals surface area contributed by atoms with Gasteiger partial charge < -0.3 is 34.9 Å². The SMILES string of the molecule is CCOc1ccccc1OCCN(C(=O)O)[C@H](C)Cc1cc(C(N)=O)c2c(ccn2CCCO)c1. The molecule has 9 nitrogen and oxygen atoms in total. The summed E-state index contributed by atoms with van der Waals surface area (Å²) in [6, 6.07) is 12.5. The lowest BCUT2D eigenvalue weighted by Gasteiger charge is -2.27. The van der Waals surface area contributed by atoms with E-state index in [0.717, 1.165) is 16.5 Å². The Hall–Kier alpha value is -3.72.